The van der Waals surface area contributed by atoms with Crippen LogP contribution in [-0.4, -0.2) is 95.7 Å². The molecule has 0 saturated carbocycles. The first-order valence-electron chi connectivity index (χ1n) is 21.1. The van der Waals surface area contributed by atoms with Gasteiger partial charge in [0.25, 0.3) is 0 Å². The molecule has 0 unspecified atom stereocenters. The van der Waals surface area contributed by atoms with Crippen LogP contribution in [0.3, 0.4) is 0 Å². The molecule has 322 valence electrons. The van der Waals surface area contributed by atoms with Crippen LogP contribution in [-0.2, 0) is 32.2 Å². The van der Waals surface area contributed by atoms with Gasteiger partial charge in [0.1, 0.15) is 38.1 Å². The maximum atomic E-state index is 13.3. The first-order chi connectivity index (χ1) is 30.5. The minimum Gasteiger partial charge on any atom is -0.487 e. The Morgan fingerprint density at radius 3 is 1.58 bits per heavy atom. The number of aromatic nitrogens is 4. The Morgan fingerprint density at radius 2 is 1.05 bits per heavy atom. The van der Waals surface area contributed by atoms with Crippen LogP contribution in [0, 0.1) is 0 Å². The summed E-state index contributed by atoms with van der Waals surface area (Å²) in [5, 5.41) is 0. The summed E-state index contributed by atoms with van der Waals surface area (Å²) in [5.74, 6) is 2.48. The number of aromatic amines is 2. The number of benzene rings is 4. The van der Waals surface area contributed by atoms with Crippen molar-refractivity contribution in [3.8, 4) is 45.1 Å². The lowest BCUT2D eigenvalue weighted by Gasteiger charge is -2.22. The van der Waals surface area contributed by atoms with E-state index in [1.807, 2.05) is 103 Å². The lowest BCUT2D eigenvalue weighted by Crippen LogP contribution is -2.31. The van der Waals surface area contributed by atoms with E-state index < -0.39 is 0 Å². The van der Waals surface area contributed by atoms with Crippen molar-refractivity contribution in [2.45, 2.75) is 51.0 Å². The molecule has 2 amide bonds. The van der Waals surface area contributed by atoms with Gasteiger partial charge < -0.3 is 38.4 Å². The number of carbonyl (C=O) groups excluding carboxylic acids is 2. The predicted molar refractivity (Wildman–Crippen MR) is 232 cm³/mol. The number of nitrogens with zero attached hydrogens (tertiary/aromatic N) is 4. The number of likely N-dealkylation sites (tertiary alicyclic amines) is 2. The highest BCUT2D eigenvalue weighted by atomic mass is 16.6. The van der Waals surface area contributed by atoms with Gasteiger partial charge in [0.05, 0.1) is 49.1 Å². The summed E-state index contributed by atoms with van der Waals surface area (Å²) < 4.78 is 35.0. The van der Waals surface area contributed by atoms with Crippen LogP contribution in [0.1, 0.15) is 60.5 Å². The predicted octanol–water partition coefficient (Wildman–Crippen LogP) is 9.13. The van der Waals surface area contributed by atoms with E-state index in [-0.39, 0.29) is 50.7 Å². The van der Waals surface area contributed by atoms with Gasteiger partial charge in [-0.2, -0.15) is 0 Å². The number of carbonyl (C=O) groups is 2. The Labute approximate surface area is 361 Å². The van der Waals surface area contributed by atoms with Gasteiger partial charge in [0.15, 0.2) is 11.5 Å². The fraction of sp³-hybridized carbons (Fsp3) is 0.333. The van der Waals surface area contributed by atoms with Crippen LogP contribution in [0.2, 0.25) is 0 Å². The molecule has 2 N–H and O–H groups in total. The van der Waals surface area contributed by atoms with Gasteiger partial charge in [-0.3, -0.25) is 9.80 Å². The van der Waals surface area contributed by atoms with Crippen molar-refractivity contribution in [3.63, 3.8) is 0 Å². The van der Waals surface area contributed by atoms with Crippen LogP contribution in [0.15, 0.2) is 109 Å². The molecule has 0 radical (unpaired) electrons. The van der Waals surface area contributed by atoms with Gasteiger partial charge in [0.2, 0.25) is 0 Å². The second-order valence-corrected chi connectivity index (χ2v) is 15.2. The molecule has 2 aliphatic heterocycles. The largest absolute Gasteiger partial charge is 0.487 e. The first-order valence-corrected chi connectivity index (χ1v) is 21.1. The van der Waals surface area contributed by atoms with Crippen LogP contribution < -0.4 is 9.47 Å². The molecule has 0 bridgehead atoms. The summed E-state index contributed by atoms with van der Waals surface area (Å²) in [5.41, 5.74) is 6.86. The Bertz CT molecular complexity index is 2390. The van der Waals surface area contributed by atoms with Crippen LogP contribution in [0.4, 0.5) is 9.59 Å². The molecule has 2 fully saturated rings. The molecule has 2 aliphatic rings. The van der Waals surface area contributed by atoms with Gasteiger partial charge in [-0.05, 0) is 60.1 Å². The maximum absolute atomic E-state index is 13.3. The van der Waals surface area contributed by atoms with E-state index in [9.17, 15) is 9.59 Å². The second kappa shape index (κ2) is 20.3. The third-order valence-corrected chi connectivity index (χ3v) is 11.2. The van der Waals surface area contributed by atoms with Gasteiger partial charge in [0, 0.05) is 38.4 Å². The minimum atomic E-state index is -0.368. The monoisotopic (exact) mass is 840 g/mol. The zero-order valence-electron chi connectivity index (χ0n) is 35.1. The topological polar surface area (TPSA) is 153 Å². The van der Waals surface area contributed by atoms with Crippen molar-refractivity contribution in [1.82, 2.24) is 29.7 Å². The van der Waals surface area contributed by atoms with E-state index in [1.165, 1.54) is 0 Å². The van der Waals surface area contributed by atoms with E-state index in [0.29, 0.717) is 43.6 Å². The molecule has 14 heteroatoms. The SMILES string of the molecule is COCCOc1c(-c2ccc(-c3cnc([C@@H]4CCCN4C(=O)OCc4ccccc4)[nH]3)cc2)ccc(-c2cnc([C@@H]3CCCN3C(=O)OCc3ccccc3)[nH]2)c1OCCOC. The van der Waals surface area contributed by atoms with Gasteiger partial charge in [-0.15, -0.1) is 0 Å². The van der Waals surface area contributed by atoms with E-state index in [2.05, 4.69) is 9.97 Å². The fourth-order valence-corrected chi connectivity index (χ4v) is 8.01. The summed E-state index contributed by atoms with van der Waals surface area (Å²) >= 11 is 0. The van der Waals surface area contributed by atoms with Crippen molar-refractivity contribution >= 4 is 12.2 Å². The molecule has 2 aromatic heterocycles. The number of imidazole rings is 2. The number of hydrogen-bond donors (Lipinski definition) is 2. The summed E-state index contributed by atoms with van der Waals surface area (Å²) in [6.45, 7) is 2.93. The van der Waals surface area contributed by atoms with Crippen LogP contribution >= 0.6 is 0 Å². The molecule has 0 spiro atoms. The molecule has 6 aromatic rings. The smallest absolute Gasteiger partial charge is 0.410 e. The Balaban J connectivity index is 1.02. The van der Waals surface area contributed by atoms with Crippen molar-refractivity contribution in [2.75, 3.05) is 53.7 Å². The van der Waals surface area contributed by atoms with E-state index >= 15 is 0 Å². The summed E-state index contributed by atoms with van der Waals surface area (Å²) in [6, 6.07) is 31.0. The highest BCUT2D eigenvalue weighted by Crippen LogP contribution is 2.46. The molecular weight excluding hydrogens is 789 g/mol. The highest BCUT2D eigenvalue weighted by Gasteiger charge is 2.35. The second-order valence-electron chi connectivity index (χ2n) is 15.2. The number of methoxy groups -OCH3 is 2. The average molecular weight is 841 g/mol. The number of H-pyrrole nitrogens is 2. The first kappa shape index (κ1) is 42.1. The highest BCUT2D eigenvalue weighted by molar-refractivity contribution is 5.83. The van der Waals surface area contributed by atoms with Crippen molar-refractivity contribution in [1.29, 1.82) is 0 Å². The Morgan fingerprint density at radius 1 is 0.581 bits per heavy atom. The van der Waals surface area contributed by atoms with Gasteiger partial charge >= 0.3 is 12.2 Å². The van der Waals surface area contributed by atoms with E-state index in [4.69, 9.17) is 38.4 Å². The molecule has 8 rings (SSSR count). The number of nitrogens with one attached hydrogen (secondary N) is 2. The molecule has 62 heavy (non-hydrogen) atoms. The van der Waals surface area contributed by atoms with E-state index in [0.717, 1.165) is 76.3 Å². The molecule has 4 heterocycles. The fourth-order valence-electron chi connectivity index (χ4n) is 8.01. The number of amides is 2. The molecule has 0 aliphatic carbocycles. The van der Waals surface area contributed by atoms with Gasteiger partial charge in [-0.25, -0.2) is 19.6 Å². The van der Waals surface area contributed by atoms with Crippen molar-refractivity contribution in [2.24, 2.45) is 0 Å². The summed E-state index contributed by atoms with van der Waals surface area (Å²) in [6.07, 6.45) is 6.13. The van der Waals surface area contributed by atoms with E-state index in [1.54, 1.807) is 30.2 Å². The Hall–Kier alpha value is -6.64. The normalized spacial score (nSPS) is 16.1. The minimum absolute atomic E-state index is 0.197. The lowest BCUT2D eigenvalue weighted by molar-refractivity contribution is 0.0903. The number of ether oxygens (including phenoxy) is 6. The molecule has 2 saturated heterocycles. The molecule has 4 aromatic carbocycles. The zero-order valence-corrected chi connectivity index (χ0v) is 35.1. The quantitative estimate of drug-likeness (QED) is 0.0851. The van der Waals surface area contributed by atoms with Crippen LogP contribution in [0.5, 0.6) is 11.5 Å². The van der Waals surface area contributed by atoms with Crippen molar-refractivity contribution < 1.29 is 38.0 Å². The molecule has 2 atom stereocenters. The zero-order chi connectivity index (χ0) is 42.7. The third kappa shape index (κ3) is 9.77. The molecule has 14 nitrogen and oxygen atoms in total. The maximum Gasteiger partial charge on any atom is 0.410 e. The lowest BCUT2D eigenvalue weighted by atomic mass is 9.98. The summed E-state index contributed by atoms with van der Waals surface area (Å²) in [7, 11) is 3.26. The third-order valence-electron chi connectivity index (χ3n) is 11.2. The van der Waals surface area contributed by atoms with Gasteiger partial charge in [-0.1, -0.05) is 84.9 Å². The van der Waals surface area contributed by atoms with Crippen molar-refractivity contribution in [3.05, 3.63) is 132 Å². The molecular formula is C48H52N6O8. The summed E-state index contributed by atoms with van der Waals surface area (Å²) in [4.78, 5) is 46.3. The number of hydrogen-bond acceptors (Lipinski definition) is 10. The Kier molecular flexibility index (Phi) is 13.8. The standard InChI is InChI=1S/C48H52N6O8/c1-57-25-27-59-43-37(35-17-19-36(20-18-35)39-29-49-45(51-39)41-15-9-23-53(41)47(55)61-31-33-11-5-3-6-12-33)21-22-38(44(43)60-28-26-58-2)40-30-50-46(52-40)42-16-10-24-54(42)48(56)62-32-34-13-7-4-8-14-34/h3-8,11-14,17-22,29-30,41-42H,9-10,15-16,23-28,31-32H2,1-2H3,(H,49,51)(H,50,52)/t41-,42-/m0/s1. The van der Waals surface area contributed by atoms with Crippen LogP contribution in [0.25, 0.3) is 33.6 Å². The average Bonchev–Trinajstić information content (AvgIpc) is 4.16. The number of rotatable bonds is 17.